The lowest BCUT2D eigenvalue weighted by Crippen LogP contribution is -2.15. The zero-order valence-corrected chi connectivity index (χ0v) is 10.8. The maximum absolute atomic E-state index is 12.6. The van der Waals surface area contributed by atoms with E-state index in [9.17, 15) is 26.4 Å². The Balaban J connectivity index is 3.64. The summed E-state index contributed by atoms with van der Waals surface area (Å²) in [6, 6.07) is 2.91. The number of nitriles is 1. The molecule has 0 bridgehead atoms. The van der Waals surface area contributed by atoms with Crippen molar-refractivity contribution < 1.29 is 31.5 Å². The maximum atomic E-state index is 12.6. The first-order valence-electron chi connectivity index (χ1n) is 5.02. The maximum Gasteiger partial charge on any atom is 0.416 e. The lowest BCUT2D eigenvalue weighted by molar-refractivity contribution is -0.138. The normalized spacial score (nSPS) is 13.6. The molecule has 1 unspecified atom stereocenters. The van der Waals surface area contributed by atoms with Crippen LogP contribution >= 0.6 is 0 Å². The standard InChI is InChI=1S/C11H8F3NO4S/c1-20(18,19)9-4-6(11(12,13)14)2-3-7(9)8(5-15)10(16)17/h2-4,8H,1H3,(H,16,17). The molecule has 20 heavy (non-hydrogen) atoms. The second-order valence-corrected chi connectivity index (χ2v) is 5.91. The van der Waals surface area contributed by atoms with E-state index in [0.29, 0.717) is 24.5 Å². The fourth-order valence-corrected chi connectivity index (χ4v) is 2.48. The Bertz CT molecular complexity index is 689. The van der Waals surface area contributed by atoms with Crippen molar-refractivity contribution in [2.45, 2.75) is 17.0 Å². The molecule has 1 aromatic rings. The quantitative estimate of drug-likeness (QED) is 0.918. The van der Waals surface area contributed by atoms with Gasteiger partial charge < -0.3 is 5.11 Å². The van der Waals surface area contributed by atoms with Crippen molar-refractivity contribution in [3.8, 4) is 6.07 Å². The number of sulfone groups is 1. The van der Waals surface area contributed by atoms with E-state index in [4.69, 9.17) is 10.4 Å². The van der Waals surface area contributed by atoms with E-state index >= 15 is 0 Å². The van der Waals surface area contributed by atoms with Gasteiger partial charge in [-0.3, -0.25) is 4.79 Å². The molecule has 0 radical (unpaired) electrons. The molecule has 0 spiro atoms. The first-order valence-corrected chi connectivity index (χ1v) is 6.91. The summed E-state index contributed by atoms with van der Waals surface area (Å²) in [5, 5.41) is 17.5. The predicted octanol–water partition coefficient (Wildman–Crippen LogP) is 1.80. The largest absolute Gasteiger partial charge is 0.480 e. The Labute approximate surface area is 112 Å². The van der Waals surface area contributed by atoms with Crippen molar-refractivity contribution in [1.29, 1.82) is 5.26 Å². The number of carboxylic acids is 1. The first-order chi connectivity index (χ1) is 8.98. The Kier molecular flexibility index (Phi) is 4.10. The van der Waals surface area contributed by atoms with Gasteiger partial charge in [-0.2, -0.15) is 18.4 Å². The highest BCUT2D eigenvalue weighted by atomic mass is 32.2. The van der Waals surface area contributed by atoms with Crippen LogP contribution in [-0.4, -0.2) is 25.7 Å². The van der Waals surface area contributed by atoms with Crippen LogP contribution in [0.25, 0.3) is 0 Å². The molecule has 9 heteroatoms. The highest BCUT2D eigenvalue weighted by Gasteiger charge is 2.34. The van der Waals surface area contributed by atoms with E-state index in [-0.39, 0.29) is 0 Å². The molecule has 1 aromatic carbocycles. The third kappa shape index (κ3) is 3.27. The van der Waals surface area contributed by atoms with E-state index in [1.807, 2.05) is 0 Å². The number of halogens is 3. The topological polar surface area (TPSA) is 95.2 Å². The second kappa shape index (κ2) is 5.13. The molecule has 0 amide bonds. The number of benzene rings is 1. The van der Waals surface area contributed by atoms with Gasteiger partial charge in [0.05, 0.1) is 16.5 Å². The minimum Gasteiger partial charge on any atom is -0.480 e. The van der Waals surface area contributed by atoms with Crippen LogP contribution in [0.4, 0.5) is 13.2 Å². The third-order valence-corrected chi connectivity index (χ3v) is 3.58. The van der Waals surface area contributed by atoms with Crippen LogP contribution in [0.2, 0.25) is 0 Å². The zero-order chi connectivity index (χ0) is 15.7. The first kappa shape index (κ1) is 16.0. The van der Waals surface area contributed by atoms with Gasteiger partial charge in [-0.1, -0.05) is 6.07 Å². The van der Waals surface area contributed by atoms with Gasteiger partial charge in [-0.05, 0) is 17.7 Å². The van der Waals surface area contributed by atoms with Gasteiger partial charge in [0.1, 0.15) is 0 Å². The predicted molar refractivity (Wildman–Crippen MR) is 60.5 cm³/mol. The van der Waals surface area contributed by atoms with Gasteiger partial charge in [0.25, 0.3) is 0 Å². The van der Waals surface area contributed by atoms with E-state index in [2.05, 4.69) is 0 Å². The number of carbonyl (C=O) groups is 1. The number of carboxylic acid groups (broad SMARTS) is 1. The minimum absolute atomic E-state index is 0.331. The summed E-state index contributed by atoms with van der Waals surface area (Å²) in [6.45, 7) is 0. The van der Waals surface area contributed by atoms with Crippen LogP contribution in [0.15, 0.2) is 23.1 Å². The fourth-order valence-electron chi connectivity index (χ4n) is 1.53. The average molecular weight is 307 g/mol. The van der Waals surface area contributed by atoms with Gasteiger partial charge in [0.2, 0.25) is 0 Å². The highest BCUT2D eigenvalue weighted by molar-refractivity contribution is 7.90. The summed E-state index contributed by atoms with van der Waals surface area (Å²) in [4.78, 5) is 10.0. The molecule has 0 aliphatic rings. The molecule has 1 rings (SSSR count). The lowest BCUT2D eigenvalue weighted by atomic mass is 9.99. The number of nitrogens with zero attached hydrogens (tertiary/aromatic N) is 1. The van der Waals surface area contributed by atoms with Crippen LogP contribution in [0.3, 0.4) is 0 Å². The van der Waals surface area contributed by atoms with Crippen LogP contribution < -0.4 is 0 Å². The molecule has 1 N–H and O–H groups in total. The second-order valence-electron chi connectivity index (χ2n) is 3.92. The van der Waals surface area contributed by atoms with Crippen molar-refractivity contribution in [3.63, 3.8) is 0 Å². The van der Waals surface area contributed by atoms with Crippen LogP contribution in [0.1, 0.15) is 17.0 Å². The SMILES string of the molecule is CS(=O)(=O)c1cc(C(F)(F)F)ccc1C(C#N)C(=O)O. The van der Waals surface area contributed by atoms with E-state index < -0.39 is 43.9 Å². The van der Waals surface area contributed by atoms with E-state index in [0.717, 1.165) is 0 Å². The number of hydrogen-bond donors (Lipinski definition) is 1. The Morgan fingerprint density at radius 3 is 2.30 bits per heavy atom. The number of rotatable bonds is 3. The monoisotopic (exact) mass is 307 g/mol. The summed E-state index contributed by atoms with van der Waals surface area (Å²) in [7, 11) is -4.12. The zero-order valence-electron chi connectivity index (χ0n) is 9.97. The van der Waals surface area contributed by atoms with Crippen LogP contribution in [-0.2, 0) is 20.8 Å². The summed E-state index contributed by atoms with van der Waals surface area (Å²) in [5.74, 6) is -3.50. The van der Waals surface area contributed by atoms with Crippen molar-refractivity contribution in [1.82, 2.24) is 0 Å². The van der Waals surface area contributed by atoms with Gasteiger partial charge in [0.15, 0.2) is 15.8 Å². The summed E-state index contributed by atoms with van der Waals surface area (Å²) < 4.78 is 60.7. The van der Waals surface area contributed by atoms with Crippen molar-refractivity contribution in [2.24, 2.45) is 0 Å². The van der Waals surface area contributed by atoms with Crippen molar-refractivity contribution in [3.05, 3.63) is 29.3 Å². The van der Waals surface area contributed by atoms with Gasteiger partial charge in [0, 0.05) is 6.26 Å². The molecule has 0 saturated heterocycles. The summed E-state index contributed by atoms with van der Waals surface area (Å²) in [6.07, 6.45) is -4.13. The van der Waals surface area contributed by atoms with Gasteiger partial charge in [-0.15, -0.1) is 0 Å². The van der Waals surface area contributed by atoms with E-state index in [1.54, 1.807) is 0 Å². The number of hydrogen-bond acceptors (Lipinski definition) is 4. The summed E-state index contributed by atoms with van der Waals surface area (Å²) in [5.41, 5.74) is -1.72. The Morgan fingerprint density at radius 1 is 1.40 bits per heavy atom. The Morgan fingerprint density at radius 2 is 1.95 bits per heavy atom. The number of alkyl halides is 3. The minimum atomic E-state index is -4.77. The van der Waals surface area contributed by atoms with Gasteiger partial charge in [-0.25, -0.2) is 8.42 Å². The summed E-state index contributed by atoms with van der Waals surface area (Å²) >= 11 is 0. The highest BCUT2D eigenvalue weighted by Crippen LogP contribution is 2.34. The lowest BCUT2D eigenvalue weighted by Gasteiger charge is -2.13. The molecule has 0 fully saturated rings. The average Bonchev–Trinajstić information content (AvgIpc) is 2.26. The molecule has 0 aliphatic carbocycles. The molecule has 1 atom stereocenters. The molecular formula is C11H8F3NO4S. The van der Waals surface area contributed by atoms with E-state index in [1.165, 1.54) is 6.07 Å². The van der Waals surface area contributed by atoms with Crippen LogP contribution in [0, 0.1) is 11.3 Å². The third-order valence-electron chi connectivity index (χ3n) is 2.43. The molecular weight excluding hydrogens is 299 g/mol. The smallest absolute Gasteiger partial charge is 0.416 e. The van der Waals surface area contributed by atoms with Crippen molar-refractivity contribution >= 4 is 15.8 Å². The molecule has 0 aliphatic heterocycles. The molecule has 108 valence electrons. The molecule has 0 heterocycles. The Hall–Kier alpha value is -2.08. The van der Waals surface area contributed by atoms with Crippen molar-refractivity contribution in [2.75, 3.05) is 6.26 Å². The molecule has 0 saturated carbocycles. The number of aliphatic carboxylic acids is 1. The molecule has 0 aromatic heterocycles. The van der Waals surface area contributed by atoms with Crippen LogP contribution in [0.5, 0.6) is 0 Å². The fraction of sp³-hybridized carbons (Fsp3) is 0.273. The van der Waals surface area contributed by atoms with Gasteiger partial charge >= 0.3 is 12.1 Å². The molecule has 5 nitrogen and oxygen atoms in total.